The van der Waals surface area contributed by atoms with Crippen molar-refractivity contribution in [2.45, 2.75) is 13.0 Å². The van der Waals surface area contributed by atoms with Gasteiger partial charge in [0.15, 0.2) is 23.0 Å². The molecular weight excluding hydrogens is 306 g/mol. The van der Waals surface area contributed by atoms with Crippen LogP contribution in [-0.2, 0) is 13.0 Å². The molecule has 0 saturated heterocycles. The number of aromatic nitrogens is 1. The maximum Gasteiger partial charge on any atom is 0.231 e. The van der Waals surface area contributed by atoms with Crippen molar-refractivity contribution in [2.24, 2.45) is 0 Å². The second kappa shape index (κ2) is 4.84. The molecule has 0 radical (unpaired) electrons. The van der Waals surface area contributed by atoms with Crippen LogP contribution in [-0.4, -0.2) is 25.6 Å². The third kappa shape index (κ3) is 1.69. The van der Waals surface area contributed by atoms with Gasteiger partial charge >= 0.3 is 0 Å². The summed E-state index contributed by atoms with van der Waals surface area (Å²) in [7, 11) is 3.34. The van der Waals surface area contributed by atoms with Crippen LogP contribution in [0.15, 0.2) is 30.3 Å². The number of ether oxygens (including phenoxy) is 4. The molecule has 0 unspecified atom stereocenters. The lowest BCUT2D eigenvalue weighted by Gasteiger charge is -2.22. The molecule has 0 spiro atoms. The first-order valence-electron chi connectivity index (χ1n) is 7.97. The van der Waals surface area contributed by atoms with Crippen LogP contribution in [0.5, 0.6) is 23.0 Å². The molecule has 0 amide bonds. The van der Waals surface area contributed by atoms with E-state index in [0.29, 0.717) is 0 Å². The Labute approximate surface area is 139 Å². The van der Waals surface area contributed by atoms with Gasteiger partial charge in [-0.2, -0.15) is 0 Å². The number of fused-ring (bicyclic) bond motifs is 7. The fraction of sp³-hybridized carbons (Fsp3) is 0.263. The molecule has 0 bridgehead atoms. The molecule has 0 atom stereocenters. The van der Waals surface area contributed by atoms with Gasteiger partial charge in [0.1, 0.15) is 0 Å². The van der Waals surface area contributed by atoms with Gasteiger partial charge < -0.3 is 23.5 Å². The lowest BCUT2D eigenvalue weighted by molar-refractivity contribution is 0.174. The highest BCUT2D eigenvalue weighted by atomic mass is 16.7. The summed E-state index contributed by atoms with van der Waals surface area (Å²) >= 11 is 0. The Bertz CT molecular complexity index is 973. The van der Waals surface area contributed by atoms with Crippen LogP contribution in [0.25, 0.3) is 22.2 Å². The zero-order chi connectivity index (χ0) is 16.3. The largest absolute Gasteiger partial charge is 0.493 e. The van der Waals surface area contributed by atoms with Gasteiger partial charge in [-0.25, -0.2) is 0 Å². The number of benzene rings is 2. The molecule has 24 heavy (non-hydrogen) atoms. The van der Waals surface area contributed by atoms with Gasteiger partial charge in [-0.3, -0.25) is 0 Å². The highest BCUT2D eigenvalue weighted by Gasteiger charge is 2.26. The SMILES string of the molecule is COc1cc2c(cc1OC)-c1cc3ccc4c(c3n1CC2)OCO4. The molecule has 5 nitrogen and oxygen atoms in total. The van der Waals surface area contributed by atoms with Gasteiger partial charge in [0.05, 0.1) is 19.7 Å². The molecule has 122 valence electrons. The number of hydrogen-bond acceptors (Lipinski definition) is 4. The highest BCUT2D eigenvalue weighted by molar-refractivity contribution is 5.94. The van der Waals surface area contributed by atoms with Crippen LogP contribution >= 0.6 is 0 Å². The molecule has 5 rings (SSSR count). The normalized spacial score (nSPS) is 14.4. The molecular formula is C19H17NO4. The highest BCUT2D eigenvalue weighted by Crippen LogP contribution is 2.45. The summed E-state index contributed by atoms with van der Waals surface area (Å²) in [5.74, 6) is 3.20. The van der Waals surface area contributed by atoms with Crippen LogP contribution < -0.4 is 18.9 Å². The Morgan fingerprint density at radius 2 is 1.83 bits per heavy atom. The summed E-state index contributed by atoms with van der Waals surface area (Å²) in [4.78, 5) is 0. The average molecular weight is 323 g/mol. The molecule has 5 heteroatoms. The van der Waals surface area contributed by atoms with Crippen molar-refractivity contribution >= 4 is 10.9 Å². The number of hydrogen-bond donors (Lipinski definition) is 0. The summed E-state index contributed by atoms with van der Waals surface area (Å²) in [6, 6.07) is 10.4. The van der Waals surface area contributed by atoms with E-state index in [-0.39, 0.29) is 6.79 Å². The van der Waals surface area contributed by atoms with Crippen LogP contribution in [0, 0.1) is 0 Å². The Kier molecular flexibility index (Phi) is 2.74. The van der Waals surface area contributed by atoms with Crippen molar-refractivity contribution in [1.29, 1.82) is 0 Å². The Morgan fingerprint density at radius 1 is 1.00 bits per heavy atom. The fourth-order valence-corrected chi connectivity index (χ4v) is 3.77. The van der Waals surface area contributed by atoms with E-state index in [1.807, 2.05) is 6.07 Å². The third-order valence-electron chi connectivity index (χ3n) is 4.89. The lowest BCUT2D eigenvalue weighted by Crippen LogP contribution is -2.11. The van der Waals surface area contributed by atoms with E-state index >= 15 is 0 Å². The van der Waals surface area contributed by atoms with Crippen molar-refractivity contribution in [3.05, 3.63) is 35.9 Å². The number of aryl methyl sites for hydroxylation is 2. The zero-order valence-corrected chi connectivity index (χ0v) is 13.6. The number of nitrogens with zero attached hydrogens (tertiary/aromatic N) is 1. The van der Waals surface area contributed by atoms with Crippen LogP contribution in [0.3, 0.4) is 0 Å². The van der Waals surface area contributed by atoms with E-state index in [0.717, 1.165) is 46.9 Å². The maximum absolute atomic E-state index is 5.72. The molecule has 2 aliphatic heterocycles. The Hall–Kier alpha value is -2.82. The second-order valence-corrected chi connectivity index (χ2v) is 6.03. The molecule has 2 aliphatic rings. The van der Waals surface area contributed by atoms with Crippen molar-refractivity contribution in [3.8, 4) is 34.3 Å². The Balaban J connectivity index is 1.79. The van der Waals surface area contributed by atoms with Crippen LogP contribution in [0.4, 0.5) is 0 Å². The van der Waals surface area contributed by atoms with Gasteiger partial charge in [-0.1, -0.05) is 0 Å². The minimum absolute atomic E-state index is 0.288. The first-order valence-corrected chi connectivity index (χ1v) is 7.97. The molecule has 0 N–H and O–H groups in total. The zero-order valence-electron chi connectivity index (χ0n) is 13.6. The van der Waals surface area contributed by atoms with Crippen molar-refractivity contribution in [2.75, 3.05) is 21.0 Å². The summed E-state index contributed by atoms with van der Waals surface area (Å²) in [6.45, 7) is 1.19. The van der Waals surface area contributed by atoms with Crippen molar-refractivity contribution in [3.63, 3.8) is 0 Å². The summed E-state index contributed by atoms with van der Waals surface area (Å²) in [5, 5.41) is 1.16. The fourth-order valence-electron chi connectivity index (χ4n) is 3.77. The van der Waals surface area contributed by atoms with Crippen molar-refractivity contribution in [1.82, 2.24) is 4.57 Å². The lowest BCUT2D eigenvalue weighted by atomic mass is 9.97. The van der Waals surface area contributed by atoms with E-state index in [1.165, 1.54) is 16.8 Å². The minimum atomic E-state index is 0.288. The number of methoxy groups -OCH3 is 2. The molecule has 0 saturated carbocycles. The van der Waals surface area contributed by atoms with Gasteiger partial charge in [0, 0.05) is 23.2 Å². The molecule has 1 aromatic heterocycles. The van der Waals surface area contributed by atoms with Gasteiger partial charge in [0.25, 0.3) is 0 Å². The first-order chi connectivity index (χ1) is 11.8. The monoisotopic (exact) mass is 323 g/mol. The van der Waals surface area contributed by atoms with Gasteiger partial charge in [-0.05, 0) is 42.3 Å². The quantitative estimate of drug-likeness (QED) is 0.722. The summed E-state index contributed by atoms with van der Waals surface area (Å²) < 4.78 is 24.5. The predicted octanol–water partition coefficient (Wildman–Crippen LogP) is 3.61. The second-order valence-electron chi connectivity index (χ2n) is 6.03. The van der Waals surface area contributed by atoms with E-state index in [4.69, 9.17) is 18.9 Å². The molecule has 3 heterocycles. The van der Waals surface area contributed by atoms with Crippen LogP contribution in [0.2, 0.25) is 0 Å². The van der Waals surface area contributed by atoms with E-state index in [9.17, 15) is 0 Å². The molecule has 0 fully saturated rings. The standard InChI is InChI=1S/C19H17NO4/c1-21-16-8-11-5-6-20-14(13(11)9-17(16)22-2)7-12-3-4-15-19(18(12)20)24-10-23-15/h3-4,7-9H,5-6,10H2,1-2H3. The average Bonchev–Trinajstić information content (AvgIpc) is 3.23. The summed E-state index contributed by atoms with van der Waals surface area (Å²) in [6.07, 6.45) is 0.941. The van der Waals surface area contributed by atoms with E-state index in [2.05, 4.69) is 28.8 Å². The first kappa shape index (κ1) is 13.6. The summed E-state index contributed by atoms with van der Waals surface area (Å²) in [5.41, 5.74) is 4.75. The van der Waals surface area contributed by atoms with Crippen molar-refractivity contribution < 1.29 is 18.9 Å². The maximum atomic E-state index is 5.72. The Morgan fingerprint density at radius 3 is 2.67 bits per heavy atom. The van der Waals surface area contributed by atoms with Gasteiger partial charge in [0.2, 0.25) is 6.79 Å². The molecule has 3 aromatic rings. The number of rotatable bonds is 2. The van der Waals surface area contributed by atoms with E-state index in [1.54, 1.807) is 14.2 Å². The van der Waals surface area contributed by atoms with Gasteiger partial charge in [-0.15, -0.1) is 0 Å². The third-order valence-corrected chi connectivity index (χ3v) is 4.89. The minimum Gasteiger partial charge on any atom is -0.493 e. The topological polar surface area (TPSA) is 41.9 Å². The smallest absolute Gasteiger partial charge is 0.231 e. The van der Waals surface area contributed by atoms with Crippen LogP contribution in [0.1, 0.15) is 5.56 Å². The predicted molar refractivity (Wildman–Crippen MR) is 90.3 cm³/mol. The van der Waals surface area contributed by atoms with E-state index < -0.39 is 0 Å². The molecule has 2 aromatic carbocycles. The molecule has 0 aliphatic carbocycles.